The van der Waals surface area contributed by atoms with Crippen molar-refractivity contribution in [2.75, 3.05) is 19.8 Å². The molecule has 1 rings (SSSR count). The zero-order valence-electron chi connectivity index (χ0n) is 12.7. The van der Waals surface area contributed by atoms with E-state index in [0.717, 1.165) is 32.1 Å². The first kappa shape index (κ1) is 18.0. The maximum atomic E-state index is 12.7. The van der Waals surface area contributed by atoms with Crippen LogP contribution in [0.2, 0.25) is 0 Å². The van der Waals surface area contributed by atoms with E-state index in [1.54, 1.807) is 6.07 Å². The standard InChI is InChI=1S/C16H24F3NO/c1-3-9-21-10-8-15(20-4-2)12-13-6-5-7-14(11-13)16(17,18)19/h5-7,11,15,20H,3-4,8-10,12H2,1-2H3. The number of halogens is 3. The van der Waals surface area contributed by atoms with Gasteiger partial charge in [0.15, 0.2) is 0 Å². The average molecular weight is 303 g/mol. The van der Waals surface area contributed by atoms with Crippen LogP contribution in [0.3, 0.4) is 0 Å². The third-order valence-corrected chi connectivity index (χ3v) is 3.19. The first-order chi connectivity index (χ1) is 9.97. The molecule has 0 radical (unpaired) electrons. The van der Waals surface area contributed by atoms with Gasteiger partial charge in [-0.3, -0.25) is 0 Å². The fraction of sp³-hybridized carbons (Fsp3) is 0.625. The summed E-state index contributed by atoms with van der Waals surface area (Å²) in [6, 6.07) is 5.68. The molecule has 0 saturated carbocycles. The highest BCUT2D eigenvalue weighted by Gasteiger charge is 2.30. The third-order valence-electron chi connectivity index (χ3n) is 3.19. The van der Waals surface area contributed by atoms with Crippen LogP contribution >= 0.6 is 0 Å². The molecule has 0 saturated heterocycles. The molecule has 0 heterocycles. The Hall–Kier alpha value is -1.07. The zero-order chi connectivity index (χ0) is 15.7. The van der Waals surface area contributed by atoms with Gasteiger partial charge in [0.1, 0.15) is 0 Å². The van der Waals surface area contributed by atoms with E-state index >= 15 is 0 Å². The van der Waals surface area contributed by atoms with Gasteiger partial charge in [-0.2, -0.15) is 13.2 Å². The molecule has 120 valence electrons. The topological polar surface area (TPSA) is 21.3 Å². The van der Waals surface area contributed by atoms with Crippen LogP contribution in [0.25, 0.3) is 0 Å². The highest BCUT2D eigenvalue weighted by atomic mass is 19.4. The van der Waals surface area contributed by atoms with E-state index in [1.807, 2.05) is 13.8 Å². The largest absolute Gasteiger partial charge is 0.416 e. The van der Waals surface area contributed by atoms with Crippen molar-refractivity contribution in [3.63, 3.8) is 0 Å². The first-order valence-electron chi connectivity index (χ1n) is 7.44. The summed E-state index contributed by atoms with van der Waals surface area (Å²) in [7, 11) is 0. The molecule has 0 aliphatic rings. The lowest BCUT2D eigenvalue weighted by molar-refractivity contribution is -0.137. The van der Waals surface area contributed by atoms with E-state index in [2.05, 4.69) is 5.32 Å². The lowest BCUT2D eigenvalue weighted by Crippen LogP contribution is -2.32. The summed E-state index contributed by atoms with van der Waals surface area (Å²) in [5, 5.41) is 3.30. The average Bonchev–Trinajstić information content (AvgIpc) is 2.43. The van der Waals surface area contributed by atoms with Gasteiger partial charge >= 0.3 is 6.18 Å². The van der Waals surface area contributed by atoms with Crippen molar-refractivity contribution in [1.82, 2.24) is 5.32 Å². The first-order valence-corrected chi connectivity index (χ1v) is 7.44. The van der Waals surface area contributed by atoms with Gasteiger partial charge in [-0.15, -0.1) is 0 Å². The van der Waals surface area contributed by atoms with E-state index in [-0.39, 0.29) is 6.04 Å². The van der Waals surface area contributed by atoms with Crippen LogP contribution in [0.15, 0.2) is 24.3 Å². The Bertz CT molecular complexity index is 407. The Morgan fingerprint density at radius 1 is 1.19 bits per heavy atom. The summed E-state index contributed by atoms with van der Waals surface area (Å²) in [5.41, 5.74) is 0.115. The van der Waals surface area contributed by atoms with Crippen molar-refractivity contribution >= 4 is 0 Å². The zero-order valence-corrected chi connectivity index (χ0v) is 12.7. The minimum Gasteiger partial charge on any atom is -0.381 e. The second-order valence-electron chi connectivity index (χ2n) is 5.06. The van der Waals surface area contributed by atoms with Crippen LogP contribution in [-0.4, -0.2) is 25.8 Å². The van der Waals surface area contributed by atoms with Gasteiger partial charge in [0.05, 0.1) is 5.56 Å². The number of benzene rings is 1. The van der Waals surface area contributed by atoms with Crippen molar-refractivity contribution in [2.45, 2.75) is 45.3 Å². The summed E-state index contributed by atoms with van der Waals surface area (Å²) in [5.74, 6) is 0. The molecule has 1 aromatic rings. The highest BCUT2D eigenvalue weighted by molar-refractivity contribution is 5.26. The summed E-state index contributed by atoms with van der Waals surface area (Å²) in [6.07, 6.45) is -1.94. The van der Waals surface area contributed by atoms with Crippen LogP contribution in [0.4, 0.5) is 13.2 Å². The minimum atomic E-state index is -4.28. The van der Waals surface area contributed by atoms with E-state index in [4.69, 9.17) is 4.74 Å². The van der Waals surface area contributed by atoms with Crippen molar-refractivity contribution in [3.8, 4) is 0 Å². The number of rotatable bonds is 9. The molecule has 0 fully saturated rings. The van der Waals surface area contributed by atoms with Gasteiger partial charge < -0.3 is 10.1 Å². The normalized spacial score (nSPS) is 13.4. The maximum Gasteiger partial charge on any atom is 0.416 e. The Morgan fingerprint density at radius 3 is 2.57 bits per heavy atom. The number of nitrogens with one attached hydrogen (secondary N) is 1. The molecule has 0 aromatic heterocycles. The molecule has 21 heavy (non-hydrogen) atoms. The number of alkyl halides is 3. The van der Waals surface area contributed by atoms with Gasteiger partial charge in [-0.1, -0.05) is 32.0 Å². The number of ether oxygens (including phenoxy) is 1. The fourth-order valence-corrected chi connectivity index (χ4v) is 2.20. The predicted molar refractivity (Wildman–Crippen MR) is 78.3 cm³/mol. The van der Waals surface area contributed by atoms with E-state index in [1.165, 1.54) is 12.1 Å². The number of hydrogen-bond acceptors (Lipinski definition) is 2. The predicted octanol–water partition coefficient (Wildman–Crippen LogP) is 4.04. The van der Waals surface area contributed by atoms with Crippen LogP contribution in [-0.2, 0) is 17.3 Å². The van der Waals surface area contributed by atoms with Gasteiger partial charge in [0.25, 0.3) is 0 Å². The monoisotopic (exact) mass is 303 g/mol. The summed E-state index contributed by atoms with van der Waals surface area (Å²) in [4.78, 5) is 0. The van der Waals surface area contributed by atoms with Crippen LogP contribution < -0.4 is 5.32 Å². The van der Waals surface area contributed by atoms with Crippen molar-refractivity contribution < 1.29 is 17.9 Å². The lowest BCUT2D eigenvalue weighted by Gasteiger charge is -2.18. The van der Waals surface area contributed by atoms with Gasteiger partial charge in [-0.25, -0.2) is 0 Å². The fourth-order valence-electron chi connectivity index (χ4n) is 2.20. The smallest absolute Gasteiger partial charge is 0.381 e. The summed E-state index contributed by atoms with van der Waals surface area (Å²) >= 11 is 0. The Balaban J connectivity index is 2.61. The molecule has 0 aliphatic carbocycles. The molecule has 1 N–H and O–H groups in total. The SMILES string of the molecule is CCCOCCC(Cc1cccc(C(F)(F)F)c1)NCC. The second-order valence-corrected chi connectivity index (χ2v) is 5.06. The molecule has 0 aliphatic heterocycles. The number of hydrogen-bond donors (Lipinski definition) is 1. The third kappa shape index (κ3) is 6.96. The molecular weight excluding hydrogens is 279 g/mol. The quantitative estimate of drug-likeness (QED) is 0.695. The van der Waals surface area contributed by atoms with Crippen LogP contribution in [0.1, 0.15) is 37.8 Å². The summed E-state index contributed by atoms with van der Waals surface area (Å²) < 4.78 is 43.6. The van der Waals surface area contributed by atoms with Gasteiger partial charge in [0, 0.05) is 19.3 Å². The van der Waals surface area contributed by atoms with E-state index in [9.17, 15) is 13.2 Å². The molecule has 1 aromatic carbocycles. The molecule has 1 unspecified atom stereocenters. The summed E-state index contributed by atoms with van der Waals surface area (Å²) in [6.45, 7) is 6.18. The second kappa shape index (κ2) is 9.05. The molecule has 0 amide bonds. The van der Waals surface area contributed by atoms with Crippen LogP contribution in [0.5, 0.6) is 0 Å². The van der Waals surface area contributed by atoms with Crippen molar-refractivity contribution in [1.29, 1.82) is 0 Å². The minimum absolute atomic E-state index is 0.135. The Labute approximate surface area is 124 Å². The van der Waals surface area contributed by atoms with Crippen LogP contribution in [0, 0.1) is 0 Å². The molecular formula is C16H24F3NO. The highest BCUT2D eigenvalue weighted by Crippen LogP contribution is 2.29. The van der Waals surface area contributed by atoms with Gasteiger partial charge in [0.2, 0.25) is 0 Å². The van der Waals surface area contributed by atoms with E-state index < -0.39 is 11.7 Å². The Kier molecular flexibility index (Phi) is 7.75. The van der Waals surface area contributed by atoms with E-state index in [0.29, 0.717) is 18.6 Å². The molecule has 1 atom stereocenters. The van der Waals surface area contributed by atoms with Crippen molar-refractivity contribution in [3.05, 3.63) is 35.4 Å². The lowest BCUT2D eigenvalue weighted by atomic mass is 10.0. The molecule has 0 spiro atoms. The Morgan fingerprint density at radius 2 is 1.95 bits per heavy atom. The maximum absolute atomic E-state index is 12.7. The van der Waals surface area contributed by atoms with Gasteiger partial charge in [-0.05, 0) is 37.4 Å². The molecule has 2 nitrogen and oxygen atoms in total. The van der Waals surface area contributed by atoms with Crippen molar-refractivity contribution in [2.24, 2.45) is 0 Å². The molecule has 0 bridgehead atoms. The molecule has 5 heteroatoms. The number of likely N-dealkylation sites (N-methyl/N-ethyl adjacent to an activating group) is 1.